The zero-order valence-electron chi connectivity index (χ0n) is 9.30. The predicted molar refractivity (Wildman–Crippen MR) is 60.5 cm³/mol. The molecule has 1 rings (SSSR count). The van der Waals surface area contributed by atoms with E-state index in [-0.39, 0.29) is 5.75 Å². The third kappa shape index (κ3) is 4.32. The standard InChI is InChI=1S/C13H19FO/c1-2-3-4-5-6-7-11-8-9-13(15)12(14)10-11/h8-10,15H,2-7H2,1H3. The van der Waals surface area contributed by atoms with Gasteiger partial charge >= 0.3 is 0 Å². The van der Waals surface area contributed by atoms with Crippen LogP contribution in [-0.4, -0.2) is 5.11 Å². The molecular formula is C13H19FO. The number of hydrogen-bond donors (Lipinski definition) is 1. The van der Waals surface area contributed by atoms with Crippen molar-refractivity contribution in [2.45, 2.75) is 45.4 Å². The molecule has 1 N–H and O–H groups in total. The quantitative estimate of drug-likeness (QED) is 0.702. The van der Waals surface area contributed by atoms with Crippen molar-refractivity contribution in [3.05, 3.63) is 29.6 Å². The molecule has 15 heavy (non-hydrogen) atoms. The molecule has 0 aliphatic heterocycles. The van der Waals surface area contributed by atoms with Crippen molar-refractivity contribution < 1.29 is 9.50 Å². The summed E-state index contributed by atoms with van der Waals surface area (Å²) in [7, 11) is 0. The molecule has 0 heterocycles. The molecule has 0 saturated heterocycles. The maximum atomic E-state index is 13.0. The molecule has 0 spiro atoms. The van der Waals surface area contributed by atoms with Crippen LogP contribution in [0.3, 0.4) is 0 Å². The number of phenols is 1. The number of aromatic hydroxyl groups is 1. The Balaban J connectivity index is 2.28. The van der Waals surface area contributed by atoms with Gasteiger partial charge in [0.1, 0.15) is 0 Å². The van der Waals surface area contributed by atoms with Crippen molar-refractivity contribution in [3.8, 4) is 5.75 Å². The Kier molecular flexibility index (Phi) is 5.16. The second kappa shape index (κ2) is 6.44. The van der Waals surface area contributed by atoms with E-state index in [2.05, 4.69) is 6.92 Å². The van der Waals surface area contributed by atoms with E-state index in [1.807, 2.05) is 0 Å². The van der Waals surface area contributed by atoms with E-state index < -0.39 is 5.82 Å². The van der Waals surface area contributed by atoms with Gasteiger partial charge in [-0.25, -0.2) is 4.39 Å². The lowest BCUT2D eigenvalue weighted by Crippen LogP contribution is -1.87. The second-order valence-corrected chi connectivity index (χ2v) is 3.95. The van der Waals surface area contributed by atoms with Crippen LogP contribution < -0.4 is 0 Å². The van der Waals surface area contributed by atoms with E-state index in [0.29, 0.717) is 0 Å². The van der Waals surface area contributed by atoms with Crippen molar-refractivity contribution >= 4 is 0 Å². The van der Waals surface area contributed by atoms with Gasteiger partial charge in [0, 0.05) is 0 Å². The Labute approximate surface area is 90.9 Å². The largest absolute Gasteiger partial charge is 0.505 e. The zero-order chi connectivity index (χ0) is 11.1. The van der Waals surface area contributed by atoms with Crippen LogP contribution >= 0.6 is 0 Å². The molecule has 0 amide bonds. The van der Waals surface area contributed by atoms with Crippen LogP contribution in [0.2, 0.25) is 0 Å². The first-order valence-electron chi connectivity index (χ1n) is 5.71. The summed E-state index contributed by atoms with van der Waals surface area (Å²) >= 11 is 0. The van der Waals surface area contributed by atoms with Crippen LogP contribution in [0, 0.1) is 5.82 Å². The number of rotatable bonds is 6. The summed E-state index contributed by atoms with van der Waals surface area (Å²) in [6, 6.07) is 4.64. The summed E-state index contributed by atoms with van der Waals surface area (Å²) < 4.78 is 13.0. The first-order valence-corrected chi connectivity index (χ1v) is 5.71. The molecule has 0 radical (unpaired) electrons. The maximum absolute atomic E-state index is 13.0. The van der Waals surface area contributed by atoms with Gasteiger partial charge in [-0.05, 0) is 30.5 Å². The molecule has 0 bridgehead atoms. The fourth-order valence-corrected chi connectivity index (χ4v) is 1.64. The van der Waals surface area contributed by atoms with E-state index in [4.69, 9.17) is 5.11 Å². The highest BCUT2D eigenvalue weighted by atomic mass is 19.1. The van der Waals surface area contributed by atoms with Crippen LogP contribution in [0.4, 0.5) is 4.39 Å². The Morgan fingerprint density at radius 3 is 2.53 bits per heavy atom. The van der Waals surface area contributed by atoms with E-state index in [0.717, 1.165) is 18.4 Å². The van der Waals surface area contributed by atoms with Crippen molar-refractivity contribution in [1.29, 1.82) is 0 Å². The molecule has 1 nitrogen and oxygen atoms in total. The number of aryl methyl sites for hydroxylation is 1. The normalized spacial score (nSPS) is 10.5. The monoisotopic (exact) mass is 210 g/mol. The van der Waals surface area contributed by atoms with Crippen LogP contribution in [-0.2, 0) is 6.42 Å². The van der Waals surface area contributed by atoms with Gasteiger partial charge in [-0.2, -0.15) is 0 Å². The van der Waals surface area contributed by atoms with Gasteiger partial charge in [-0.3, -0.25) is 0 Å². The number of unbranched alkanes of at least 4 members (excludes halogenated alkanes) is 4. The summed E-state index contributed by atoms with van der Waals surface area (Å²) in [6.07, 6.45) is 7.00. The minimum atomic E-state index is -0.513. The highest BCUT2D eigenvalue weighted by Crippen LogP contribution is 2.17. The minimum Gasteiger partial charge on any atom is -0.505 e. The molecule has 0 aliphatic carbocycles. The fraction of sp³-hybridized carbons (Fsp3) is 0.538. The summed E-state index contributed by atoms with van der Waals surface area (Å²) in [5.74, 6) is -0.772. The topological polar surface area (TPSA) is 20.2 Å². The average molecular weight is 210 g/mol. The lowest BCUT2D eigenvalue weighted by molar-refractivity contribution is 0.431. The van der Waals surface area contributed by atoms with E-state index in [1.165, 1.54) is 37.8 Å². The summed E-state index contributed by atoms with van der Waals surface area (Å²) in [5.41, 5.74) is 0.974. The number of benzene rings is 1. The molecule has 0 saturated carbocycles. The van der Waals surface area contributed by atoms with Crippen LogP contribution in [0.15, 0.2) is 18.2 Å². The number of halogens is 1. The van der Waals surface area contributed by atoms with E-state index >= 15 is 0 Å². The minimum absolute atomic E-state index is 0.260. The molecule has 84 valence electrons. The molecule has 0 aliphatic rings. The Morgan fingerprint density at radius 2 is 1.87 bits per heavy atom. The first-order chi connectivity index (χ1) is 7.24. The molecule has 0 aromatic heterocycles. The van der Waals surface area contributed by atoms with Gasteiger partial charge in [0.15, 0.2) is 11.6 Å². The fourth-order valence-electron chi connectivity index (χ4n) is 1.64. The average Bonchev–Trinajstić information content (AvgIpc) is 2.23. The second-order valence-electron chi connectivity index (χ2n) is 3.95. The third-order valence-electron chi connectivity index (χ3n) is 2.58. The van der Waals surface area contributed by atoms with Crippen LogP contribution in [0.25, 0.3) is 0 Å². The summed E-state index contributed by atoms with van der Waals surface area (Å²) in [6.45, 7) is 2.19. The smallest absolute Gasteiger partial charge is 0.165 e. The molecule has 0 fully saturated rings. The van der Waals surface area contributed by atoms with Gasteiger partial charge in [-0.1, -0.05) is 38.7 Å². The first kappa shape index (κ1) is 12.0. The van der Waals surface area contributed by atoms with Crippen molar-refractivity contribution in [2.24, 2.45) is 0 Å². The highest BCUT2D eigenvalue weighted by molar-refractivity contribution is 5.27. The summed E-state index contributed by atoms with van der Waals surface area (Å²) in [5, 5.41) is 9.01. The van der Waals surface area contributed by atoms with Gasteiger partial charge in [-0.15, -0.1) is 0 Å². The van der Waals surface area contributed by atoms with Crippen molar-refractivity contribution in [2.75, 3.05) is 0 Å². The number of phenolic OH excluding ortho intramolecular Hbond substituents is 1. The SMILES string of the molecule is CCCCCCCc1ccc(O)c(F)c1. The van der Waals surface area contributed by atoms with Crippen LogP contribution in [0.1, 0.15) is 44.6 Å². The lowest BCUT2D eigenvalue weighted by atomic mass is 10.1. The van der Waals surface area contributed by atoms with Crippen molar-refractivity contribution in [3.63, 3.8) is 0 Å². The van der Waals surface area contributed by atoms with E-state index in [1.54, 1.807) is 6.07 Å². The molecule has 1 aromatic rings. The Bertz CT molecular complexity index is 297. The van der Waals surface area contributed by atoms with E-state index in [9.17, 15) is 4.39 Å². The van der Waals surface area contributed by atoms with Crippen LogP contribution in [0.5, 0.6) is 5.75 Å². The molecule has 2 heteroatoms. The molecule has 1 aromatic carbocycles. The Morgan fingerprint density at radius 1 is 1.13 bits per heavy atom. The van der Waals surface area contributed by atoms with Gasteiger partial charge in [0.05, 0.1) is 0 Å². The van der Waals surface area contributed by atoms with Gasteiger partial charge in [0.2, 0.25) is 0 Å². The Hall–Kier alpha value is -1.05. The third-order valence-corrected chi connectivity index (χ3v) is 2.58. The predicted octanol–water partition coefficient (Wildman–Crippen LogP) is 4.04. The lowest BCUT2D eigenvalue weighted by Gasteiger charge is -2.02. The summed E-state index contributed by atoms with van der Waals surface area (Å²) in [4.78, 5) is 0. The zero-order valence-corrected chi connectivity index (χ0v) is 9.30. The highest BCUT2D eigenvalue weighted by Gasteiger charge is 2.01. The molecule has 0 atom stereocenters. The molecule has 0 unspecified atom stereocenters. The molecular weight excluding hydrogens is 191 g/mol. The van der Waals surface area contributed by atoms with Gasteiger partial charge in [0.25, 0.3) is 0 Å². The number of hydrogen-bond acceptors (Lipinski definition) is 1. The van der Waals surface area contributed by atoms with Gasteiger partial charge < -0.3 is 5.11 Å². The maximum Gasteiger partial charge on any atom is 0.165 e. The van der Waals surface area contributed by atoms with Crippen molar-refractivity contribution in [1.82, 2.24) is 0 Å².